The Hall–Kier alpha value is -1.58. The second-order valence-electron chi connectivity index (χ2n) is 3.04. The summed E-state index contributed by atoms with van der Waals surface area (Å²) in [6, 6.07) is 5.96. The molecule has 0 saturated heterocycles. The molecule has 1 atom stereocenters. The number of carboxylic acids is 1. The topological polar surface area (TPSA) is 49.3 Å². The molecule has 0 spiro atoms. The number of halogens is 1. The van der Waals surface area contributed by atoms with Gasteiger partial charge in [0.25, 0.3) is 0 Å². The number of aliphatic carboxylic acids is 1. The Labute approximate surface area is 81.6 Å². The third-order valence-electron chi connectivity index (χ3n) is 1.83. The SMILES string of the molecule is C[C@@H](Nc1cccc(CF)c1)C(=O)O. The third kappa shape index (κ3) is 2.73. The van der Waals surface area contributed by atoms with Gasteiger partial charge in [-0.15, -0.1) is 0 Å². The van der Waals surface area contributed by atoms with Gasteiger partial charge in [-0.3, -0.25) is 4.79 Å². The molecule has 0 heterocycles. The van der Waals surface area contributed by atoms with Gasteiger partial charge in [-0.05, 0) is 24.6 Å². The first-order valence-electron chi connectivity index (χ1n) is 4.27. The van der Waals surface area contributed by atoms with Gasteiger partial charge in [0.05, 0.1) is 0 Å². The molecule has 3 nitrogen and oxygen atoms in total. The van der Waals surface area contributed by atoms with Crippen LogP contribution in [-0.2, 0) is 11.5 Å². The highest BCUT2D eigenvalue weighted by Gasteiger charge is 2.09. The number of hydrogen-bond donors (Lipinski definition) is 2. The van der Waals surface area contributed by atoms with Crippen LogP contribution >= 0.6 is 0 Å². The van der Waals surface area contributed by atoms with Gasteiger partial charge >= 0.3 is 5.97 Å². The molecule has 1 rings (SSSR count). The van der Waals surface area contributed by atoms with E-state index in [4.69, 9.17) is 5.11 Å². The summed E-state index contributed by atoms with van der Waals surface area (Å²) in [4.78, 5) is 10.5. The number of carbonyl (C=O) groups is 1. The molecule has 14 heavy (non-hydrogen) atoms. The van der Waals surface area contributed by atoms with E-state index < -0.39 is 18.7 Å². The maximum absolute atomic E-state index is 12.3. The fourth-order valence-electron chi connectivity index (χ4n) is 1.06. The lowest BCUT2D eigenvalue weighted by atomic mass is 10.2. The largest absolute Gasteiger partial charge is 0.480 e. The zero-order chi connectivity index (χ0) is 10.6. The van der Waals surface area contributed by atoms with E-state index in [0.717, 1.165) is 0 Å². The van der Waals surface area contributed by atoms with E-state index in [1.165, 1.54) is 6.92 Å². The van der Waals surface area contributed by atoms with Gasteiger partial charge in [0, 0.05) is 5.69 Å². The first kappa shape index (κ1) is 10.5. The summed E-state index contributed by atoms with van der Waals surface area (Å²) in [6.07, 6.45) is 0. The van der Waals surface area contributed by atoms with E-state index in [2.05, 4.69) is 5.32 Å². The van der Waals surface area contributed by atoms with E-state index in [9.17, 15) is 9.18 Å². The summed E-state index contributed by atoms with van der Waals surface area (Å²) in [5.41, 5.74) is 1.16. The lowest BCUT2D eigenvalue weighted by molar-refractivity contribution is -0.137. The maximum atomic E-state index is 12.3. The predicted octanol–water partition coefficient (Wildman–Crippen LogP) is 2.04. The highest BCUT2D eigenvalue weighted by Crippen LogP contribution is 2.12. The number of rotatable bonds is 4. The van der Waals surface area contributed by atoms with Crippen molar-refractivity contribution >= 4 is 11.7 Å². The van der Waals surface area contributed by atoms with Crippen LogP contribution in [0.15, 0.2) is 24.3 Å². The summed E-state index contributed by atoms with van der Waals surface area (Å²) >= 11 is 0. The normalized spacial score (nSPS) is 12.1. The molecule has 0 bridgehead atoms. The van der Waals surface area contributed by atoms with Crippen molar-refractivity contribution < 1.29 is 14.3 Å². The van der Waals surface area contributed by atoms with Crippen molar-refractivity contribution in [3.63, 3.8) is 0 Å². The van der Waals surface area contributed by atoms with Crippen LogP contribution in [0, 0.1) is 0 Å². The Morgan fingerprint density at radius 2 is 2.36 bits per heavy atom. The van der Waals surface area contributed by atoms with Gasteiger partial charge in [-0.1, -0.05) is 12.1 Å². The Balaban J connectivity index is 2.71. The average Bonchev–Trinajstić information content (AvgIpc) is 2.18. The van der Waals surface area contributed by atoms with Crippen LogP contribution in [0.5, 0.6) is 0 Å². The second kappa shape index (κ2) is 4.60. The summed E-state index contributed by atoms with van der Waals surface area (Å²) in [6.45, 7) is 0.988. The average molecular weight is 197 g/mol. The van der Waals surface area contributed by atoms with Crippen molar-refractivity contribution in [1.29, 1.82) is 0 Å². The predicted molar refractivity (Wildman–Crippen MR) is 52.0 cm³/mol. The number of carboxylic acid groups (broad SMARTS) is 1. The molecule has 0 unspecified atom stereocenters. The van der Waals surface area contributed by atoms with Crippen molar-refractivity contribution in [3.8, 4) is 0 Å². The van der Waals surface area contributed by atoms with Gasteiger partial charge in [0.1, 0.15) is 12.7 Å². The zero-order valence-corrected chi connectivity index (χ0v) is 7.83. The van der Waals surface area contributed by atoms with E-state index in [1.54, 1.807) is 24.3 Å². The lowest BCUT2D eigenvalue weighted by Gasteiger charge is -2.10. The van der Waals surface area contributed by atoms with Crippen molar-refractivity contribution in [2.75, 3.05) is 5.32 Å². The number of nitrogens with one attached hydrogen (secondary N) is 1. The Kier molecular flexibility index (Phi) is 3.45. The number of hydrogen-bond acceptors (Lipinski definition) is 2. The Morgan fingerprint density at radius 3 is 2.93 bits per heavy atom. The highest BCUT2D eigenvalue weighted by atomic mass is 19.1. The molecule has 1 aromatic rings. The first-order chi connectivity index (χ1) is 6.63. The molecular weight excluding hydrogens is 185 g/mol. The maximum Gasteiger partial charge on any atom is 0.325 e. The molecule has 0 fully saturated rings. The molecule has 2 N–H and O–H groups in total. The van der Waals surface area contributed by atoms with Crippen LogP contribution < -0.4 is 5.32 Å². The lowest BCUT2D eigenvalue weighted by Crippen LogP contribution is -2.25. The summed E-state index contributed by atoms with van der Waals surface area (Å²) in [7, 11) is 0. The highest BCUT2D eigenvalue weighted by molar-refractivity contribution is 5.76. The molecule has 0 aromatic heterocycles. The molecule has 0 amide bonds. The molecule has 0 aliphatic heterocycles. The molecule has 4 heteroatoms. The zero-order valence-electron chi connectivity index (χ0n) is 7.83. The van der Waals surface area contributed by atoms with Crippen molar-refractivity contribution in [3.05, 3.63) is 29.8 Å². The van der Waals surface area contributed by atoms with E-state index in [1.807, 2.05) is 0 Å². The standard InChI is InChI=1S/C10H12FNO2/c1-7(10(13)14)12-9-4-2-3-8(5-9)6-11/h2-5,7,12H,6H2,1H3,(H,13,14)/t7-/m1/s1. The van der Waals surface area contributed by atoms with Gasteiger partial charge in [-0.25, -0.2) is 4.39 Å². The van der Waals surface area contributed by atoms with Crippen LogP contribution in [0.4, 0.5) is 10.1 Å². The number of anilines is 1. The number of benzene rings is 1. The molecule has 1 aromatic carbocycles. The Morgan fingerprint density at radius 1 is 1.64 bits per heavy atom. The molecule has 76 valence electrons. The fraction of sp³-hybridized carbons (Fsp3) is 0.300. The van der Waals surface area contributed by atoms with Crippen LogP contribution in [0.25, 0.3) is 0 Å². The van der Waals surface area contributed by atoms with E-state index >= 15 is 0 Å². The smallest absolute Gasteiger partial charge is 0.325 e. The fourth-order valence-corrected chi connectivity index (χ4v) is 1.06. The quantitative estimate of drug-likeness (QED) is 0.776. The van der Waals surface area contributed by atoms with Crippen molar-refractivity contribution in [1.82, 2.24) is 0 Å². The van der Waals surface area contributed by atoms with E-state index in [0.29, 0.717) is 11.3 Å². The summed E-state index contributed by atoms with van der Waals surface area (Å²) < 4.78 is 12.3. The molecule has 0 aliphatic carbocycles. The van der Waals surface area contributed by atoms with Gasteiger partial charge in [0.2, 0.25) is 0 Å². The van der Waals surface area contributed by atoms with Crippen molar-refractivity contribution in [2.24, 2.45) is 0 Å². The number of alkyl halides is 1. The minimum atomic E-state index is -0.935. The molecule has 0 radical (unpaired) electrons. The molecular formula is C10H12FNO2. The Bertz CT molecular complexity index is 328. The summed E-state index contributed by atoms with van der Waals surface area (Å²) in [5, 5.41) is 11.4. The first-order valence-corrected chi connectivity index (χ1v) is 4.27. The monoisotopic (exact) mass is 197 g/mol. The molecule has 0 saturated carbocycles. The third-order valence-corrected chi connectivity index (χ3v) is 1.83. The van der Waals surface area contributed by atoms with Crippen LogP contribution in [0.3, 0.4) is 0 Å². The minimum absolute atomic E-state index is 0.535. The van der Waals surface area contributed by atoms with E-state index in [-0.39, 0.29) is 0 Å². The van der Waals surface area contributed by atoms with Crippen molar-refractivity contribution in [2.45, 2.75) is 19.6 Å². The van der Waals surface area contributed by atoms with Crippen LogP contribution in [0.1, 0.15) is 12.5 Å². The van der Waals surface area contributed by atoms with Gasteiger partial charge in [0.15, 0.2) is 0 Å². The van der Waals surface area contributed by atoms with Crippen LogP contribution in [-0.4, -0.2) is 17.1 Å². The second-order valence-corrected chi connectivity index (χ2v) is 3.04. The van der Waals surface area contributed by atoms with Gasteiger partial charge in [-0.2, -0.15) is 0 Å². The van der Waals surface area contributed by atoms with Crippen LogP contribution in [0.2, 0.25) is 0 Å². The minimum Gasteiger partial charge on any atom is -0.480 e. The summed E-state index contributed by atoms with van der Waals surface area (Å²) in [5.74, 6) is -0.935. The molecule has 0 aliphatic rings. The van der Waals surface area contributed by atoms with Gasteiger partial charge < -0.3 is 10.4 Å².